The third kappa shape index (κ3) is 3.31. The maximum absolute atomic E-state index is 4.51. The van der Waals surface area contributed by atoms with E-state index in [-0.39, 0.29) is 0 Å². The highest BCUT2D eigenvalue weighted by Crippen LogP contribution is 2.32. The fourth-order valence-corrected chi connectivity index (χ4v) is 4.88. The molecule has 0 fully saturated rings. The van der Waals surface area contributed by atoms with Gasteiger partial charge in [-0.15, -0.1) is 11.3 Å². The zero-order valence-corrected chi connectivity index (χ0v) is 14.1. The van der Waals surface area contributed by atoms with Crippen LogP contribution in [0.1, 0.15) is 21.9 Å². The smallest absolute Gasteiger partial charge is 0.138 e. The van der Waals surface area contributed by atoms with Crippen LogP contribution < -0.4 is 0 Å². The topological polar surface area (TPSA) is 29.0 Å². The van der Waals surface area contributed by atoms with Crippen molar-refractivity contribution in [1.82, 2.24) is 13.6 Å². The van der Waals surface area contributed by atoms with E-state index in [1.165, 1.54) is 27.1 Å². The van der Waals surface area contributed by atoms with Gasteiger partial charge in [-0.05, 0) is 38.1 Å². The van der Waals surface area contributed by atoms with Crippen LogP contribution in [-0.4, -0.2) is 33.8 Å². The monoisotopic (exact) mass is 323 g/mol. The first-order valence-corrected chi connectivity index (χ1v) is 9.14. The molecule has 0 N–H and O–H groups in total. The number of nitrogens with zero attached hydrogens (tertiary/aromatic N) is 3. The van der Waals surface area contributed by atoms with Gasteiger partial charge in [-0.25, -0.2) is 0 Å². The molecule has 0 unspecified atom stereocenters. The highest BCUT2D eigenvalue weighted by atomic mass is 32.2. The van der Waals surface area contributed by atoms with Gasteiger partial charge in [0.2, 0.25) is 0 Å². The molecule has 3 rings (SSSR count). The molecule has 0 saturated carbocycles. The number of aryl methyl sites for hydroxylation is 1. The maximum Gasteiger partial charge on any atom is 0.138 e. The number of aromatic nitrogens is 2. The molecule has 3 nitrogen and oxygen atoms in total. The molecule has 20 heavy (non-hydrogen) atoms. The summed E-state index contributed by atoms with van der Waals surface area (Å²) in [5.41, 5.74) is 2.43. The summed E-state index contributed by atoms with van der Waals surface area (Å²) in [6, 6.07) is 4.39. The first-order chi connectivity index (χ1) is 9.72. The van der Waals surface area contributed by atoms with Gasteiger partial charge in [0.25, 0.3) is 0 Å². The van der Waals surface area contributed by atoms with E-state index in [1.54, 1.807) is 11.8 Å². The molecule has 0 atom stereocenters. The molecule has 0 aromatic carbocycles. The zero-order chi connectivity index (χ0) is 13.9. The SMILES string of the molecule is Cc1ccc(CSc2nsnc2C2=CCCN(C)C2)s1. The number of likely N-dealkylation sites (N-methyl/N-ethyl adjacent to an activating group) is 1. The minimum atomic E-state index is 0.983. The van der Waals surface area contributed by atoms with Crippen LogP contribution in [0.4, 0.5) is 0 Å². The summed E-state index contributed by atoms with van der Waals surface area (Å²) in [7, 11) is 2.16. The Hall–Kier alpha value is -0.690. The molecule has 0 radical (unpaired) electrons. The van der Waals surface area contributed by atoms with Crippen LogP contribution in [0, 0.1) is 6.92 Å². The van der Waals surface area contributed by atoms with Crippen molar-refractivity contribution in [3.8, 4) is 0 Å². The second-order valence-corrected chi connectivity index (χ2v) is 7.84. The Kier molecular flexibility index (Phi) is 4.55. The Morgan fingerprint density at radius 3 is 3.00 bits per heavy atom. The van der Waals surface area contributed by atoms with Gasteiger partial charge in [0.15, 0.2) is 0 Å². The molecule has 0 aliphatic carbocycles. The summed E-state index contributed by atoms with van der Waals surface area (Å²) in [5, 5.41) is 1.09. The first kappa shape index (κ1) is 14.3. The van der Waals surface area contributed by atoms with Gasteiger partial charge in [-0.2, -0.15) is 8.75 Å². The normalized spacial score (nSPS) is 16.4. The van der Waals surface area contributed by atoms with E-state index in [9.17, 15) is 0 Å². The lowest BCUT2D eigenvalue weighted by Gasteiger charge is -2.22. The lowest BCUT2D eigenvalue weighted by Crippen LogP contribution is -2.25. The number of thioether (sulfide) groups is 1. The molecule has 1 aliphatic heterocycles. The Morgan fingerprint density at radius 2 is 2.25 bits per heavy atom. The van der Waals surface area contributed by atoms with E-state index >= 15 is 0 Å². The molecule has 0 amide bonds. The van der Waals surface area contributed by atoms with E-state index < -0.39 is 0 Å². The van der Waals surface area contributed by atoms with Gasteiger partial charge >= 0.3 is 0 Å². The number of hydrogen-bond donors (Lipinski definition) is 0. The van der Waals surface area contributed by atoms with Crippen molar-refractivity contribution in [2.75, 3.05) is 20.1 Å². The van der Waals surface area contributed by atoms with Crippen LogP contribution in [0.25, 0.3) is 5.57 Å². The van der Waals surface area contributed by atoms with Crippen molar-refractivity contribution in [1.29, 1.82) is 0 Å². The van der Waals surface area contributed by atoms with E-state index in [0.29, 0.717) is 0 Å². The summed E-state index contributed by atoms with van der Waals surface area (Å²) in [4.78, 5) is 5.11. The second kappa shape index (κ2) is 6.39. The van der Waals surface area contributed by atoms with Gasteiger partial charge in [0, 0.05) is 28.6 Å². The third-order valence-corrected chi connectivity index (χ3v) is 6.09. The van der Waals surface area contributed by atoms with Crippen molar-refractivity contribution in [3.63, 3.8) is 0 Å². The largest absolute Gasteiger partial charge is 0.302 e. The zero-order valence-electron chi connectivity index (χ0n) is 11.6. The predicted molar refractivity (Wildman–Crippen MR) is 88.6 cm³/mol. The van der Waals surface area contributed by atoms with Crippen LogP contribution in [0.15, 0.2) is 23.2 Å². The molecule has 106 valence electrons. The van der Waals surface area contributed by atoms with Crippen molar-refractivity contribution in [2.24, 2.45) is 0 Å². The Morgan fingerprint density at radius 1 is 1.35 bits per heavy atom. The van der Waals surface area contributed by atoms with Crippen LogP contribution in [-0.2, 0) is 5.75 Å². The number of thiophene rings is 1. The molecule has 0 bridgehead atoms. The molecule has 2 aromatic heterocycles. The molecule has 0 saturated heterocycles. The molecule has 3 heterocycles. The van der Waals surface area contributed by atoms with E-state index in [4.69, 9.17) is 0 Å². The molecular weight excluding hydrogens is 306 g/mol. The van der Waals surface area contributed by atoms with Gasteiger partial charge in [0.1, 0.15) is 10.7 Å². The number of hydrogen-bond acceptors (Lipinski definition) is 6. The highest BCUT2D eigenvalue weighted by Gasteiger charge is 2.17. The van der Waals surface area contributed by atoms with Crippen LogP contribution in [0.2, 0.25) is 0 Å². The highest BCUT2D eigenvalue weighted by molar-refractivity contribution is 7.98. The van der Waals surface area contributed by atoms with Crippen LogP contribution in [0.3, 0.4) is 0 Å². The molecule has 2 aromatic rings. The second-order valence-electron chi connectivity index (χ2n) is 4.97. The van der Waals surface area contributed by atoms with Crippen molar-refractivity contribution in [3.05, 3.63) is 33.7 Å². The Labute approximate surface area is 132 Å². The third-order valence-electron chi connectivity index (χ3n) is 3.25. The minimum Gasteiger partial charge on any atom is -0.302 e. The average molecular weight is 324 g/mol. The van der Waals surface area contributed by atoms with E-state index in [0.717, 1.165) is 36.0 Å². The van der Waals surface area contributed by atoms with Crippen molar-refractivity contribution >= 4 is 40.4 Å². The fraction of sp³-hybridized carbons (Fsp3) is 0.429. The summed E-state index contributed by atoms with van der Waals surface area (Å²) in [6.45, 7) is 4.27. The summed E-state index contributed by atoms with van der Waals surface area (Å²) in [5.74, 6) is 0.986. The number of rotatable bonds is 4. The van der Waals surface area contributed by atoms with E-state index in [1.807, 2.05) is 11.3 Å². The van der Waals surface area contributed by atoms with Crippen molar-refractivity contribution in [2.45, 2.75) is 24.1 Å². The Balaban J connectivity index is 1.72. The fourth-order valence-electron chi connectivity index (χ4n) is 2.24. The first-order valence-electron chi connectivity index (χ1n) is 6.61. The standard InChI is InChI=1S/C14H17N3S3/c1-10-5-6-12(19-10)9-18-14-13(15-20-16-14)11-4-3-7-17(2)8-11/h4-6H,3,7-9H2,1-2H3. The maximum atomic E-state index is 4.51. The minimum absolute atomic E-state index is 0.983. The molecule has 1 aliphatic rings. The summed E-state index contributed by atoms with van der Waals surface area (Å²) < 4.78 is 8.99. The van der Waals surface area contributed by atoms with Gasteiger partial charge in [-0.3, -0.25) is 0 Å². The summed E-state index contributed by atoms with van der Waals surface area (Å²) in [6.07, 6.45) is 3.42. The van der Waals surface area contributed by atoms with Crippen LogP contribution in [0.5, 0.6) is 0 Å². The molecule has 0 spiro atoms. The summed E-state index contributed by atoms with van der Waals surface area (Å²) >= 11 is 4.99. The van der Waals surface area contributed by atoms with Gasteiger partial charge in [0.05, 0.1) is 11.7 Å². The van der Waals surface area contributed by atoms with Crippen LogP contribution >= 0.6 is 34.8 Å². The van der Waals surface area contributed by atoms with E-state index in [2.05, 4.69) is 45.8 Å². The van der Waals surface area contributed by atoms with Crippen molar-refractivity contribution < 1.29 is 0 Å². The average Bonchev–Trinajstić information content (AvgIpc) is 3.05. The molecular formula is C14H17N3S3. The lowest BCUT2D eigenvalue weighted by atomic mass is 10.1. The predicted octanol–water partition coefficient (Wildman–Crippen LogP) is 3.92. The molecule has 6 heteroatoms. The van der Waals surface area contributed by atoms with Gasteiger partial charge in [-0.1, -0.05) is 17.8 Å². The van der Waals surface area contributed by atoms with Gasteiger partial charge < -0.3 is 4.90 Å². The Bertz CT molecular complexity index is 615. The quantitative estimate of drug-likeness (QED) is 0.798. The lowest BCUT2D eigenvalue weighted by molar-refractivity contribution is 0.372.